The lowest BCUT2D eigenvalue weighted by molar-refractivity contribution is -0.315. The fourth-order valence-corrected chi connectivity index (χ4v) is 8.01. The SMILES string of the molecule is CCc1c(OC)cc(OC2OC(CO)C(O)(CC(CN3C(=O)C=CC3=O)c3ccnc(N)c3)C(O)C2O)c2c1C(=O)c1cc(CCC=O)c(CNC(N)=NC)c(O)c1C2=O. The molecular weight excluding hydrogens is 784 g/mol. The number of aromatic hydroxyl groups is 1. The summed E-state index contributed by atoms with van der Waals surface area (Å²) in [6, 6.07) is 5.70. The van der Waals surface area contributed by atoms with Crippen LogP contribution in [0.3, 0.4) is 0 Å². The molecule has 1 aliphatic carbocycles. The number of aromatic nitrogens is 1. The van der Waals surface area contributed by atoms with Gasteiger partial charge in [-0.05, 0) is 48.6 Å². The van der Waals surface area contributed by atoms with Crippen LogP contribution in [-0.4, -0.2) is 129 Å². The highest BCUT2D eigenvalue weighted by Gasteiger charge is 2.57. The number of nitrogens with zero attached hydrogens (tertiary/aromatic N) is 3. The van der Waals surface area contributed by atoms with Gasteiger partial charge in [-0.15, -0.1) is 0 Å². The number of guanidine groups is 1. The lowest BCUT2D eigenvalue weighted by Gasteiger charge is -2.49. The number of phenolic OH excluding ortho intramolecular Hbond substituents is 1. The number of aldehydes is 1. The van der Waals surface area contributed by atoms with Crippen LogP contribution >= 0.6 is 0 Å². The van der Waals surface area contributed by atoms with Crippen LogP contribution in [-0.2, 0) is 38.5 Å². The van der Waals surface area contributed by atoms with E-state index < -0.39 is 78.3 Å². The summed E-state index contributed by atoms with van der Waals surface area (Å²) in [4.78, 5) is 74.4. The van der Waals surface area contributed by atoms with Crippen LogP contribution in [0, 0.1) is 0 Å². The topological polar surface area (TPSA) is 307 Å². The average molecular weight is 831 g/mol. The summed E-state index contributed by atoms with van der Waals surface area (Å²) < 4.78 is 17.7. The second kappa shape index (κ2) is 17.5. The zero-order valence-corrected chi connectivity index (χ0v) is 33.0. The van der Waals surface area contributed by atoms with Crippen molar-refractivity contribution in [3.63, 3.8) is 0 Å². The van der Waals surface area contributed by atoms with Crippen molar-refractivity contribution in [2.75, 3.05) is 33.0 Å². The quantitative estimate of drug-likeness (QED) is 0.0325. The Balaban J connectivity index is 1.39. The number of benzene rings is 2. The molecule has 19 nitrogen and oxygen atoms in total. The maximum atomic E-state index is 14.7. The van der Waals surface area contributed by atoms with Gasteiger partial charge in [0.2, 0.25) is 12.1 Å². The Morgan fingerprint density at radius 2 is 1.80 bits per heavy atom. The van der Waals surface area contributed by atoms with Gasteiger partial charge in [-0.2, -0.15) is 0 Å². The van der Waals surface area contributed by atoms with Crippen LogP contribution in [0.1, 0.15) is 79.8 Å². The number of ketones is 2. The number of anilines is 1. The Bertz CT molecular complexity index is 2270. The molecule has 3 aromatic rings. The lowest BCUT2D eigenvalue weighted by atomic mass is 9.75. The second-order valence-corrected chi connectivity index (χ2v) is 14.5. The first-order valence-electron chi connectivity index (χ1n) is 19.0. The number of aliphatic imine (C=N–C) groups is 1. The summed E-state index contributed by atoms with van der Waals surface area (Å²) in [6.07, 6.45) is -3.76. The summed E-state index contributed by atoms with van der Waals surface area (Å²) in [5, 5.41) is 60.5. The number of hydrogen-bond acceptors (Lipinski definition) is 16. The van der Waals surface area contributed by atoms with Crippen molar-refractivity contribution in [1.29, 1.82) is 0 Å². The monoisotopic (exact) mass is 830 g/mol. The van der Waals surface area contributed by atoms with E-state index in [1.807, 2.05) is 0 Å². The fourth-order valence-electron chi connectivity index (χ4n) is 8.01. The van der Waals surface area contributed by atoms with E-state index in [-0.39, 0.29) is 83.4 Å². The summed E-state index contributed by atoms with van der Waals surface area (Å²) in [5.74, 6) is -4.43. The third kappa shape index (κ3) is 7.80. The number of amides is 2. The number of hydrogen-bond donors (Lipinski definition) is 8. The van der Waals surface area contributed by atoms with Gasteiger partial charge >= 0.3 is 0 Å². The number of phenols is 1. The number of aliphatic hydroxyl groups is 4. The van der Waals surface area contributed by atoms with Crippen molar-refractivity contribution in [2.45, 2.75) is 75.3 Å². The highest BCUT2D eigenvalue weighted by atomic mass is 16.7. The molecule has 6 atom stereocenters. The average Bonchev–Trinajstić information content (AvgIpc) is 3.55. The number of carbonyl (C=O) groups is 5. The predicted octanol–water partition coefficient (Wildman–Crippen LogP) is -0.471. The van der Waals surface area contributed by atoms with Crippen LogP contribution in [0.15, 0.2) is 47.6 Å². The van der Waals surface area contributed by atoms with E-state index in [9.17, 15) is 49.5 Å². The number of rotatable bonds is 15. The smallest absolute Gasteiger partial charge is 0.253 e. The van der Waals surface area contributed by atoms with E-state index in [0.717, 1.165) is 17.1 Å². The number of nitrogens with two attached hydrogens (primary N) is 2. The number of ether oxygens (including phenoxy) is 3. The Morgan fingerprint density at radius 1 is 1.08 bits per heavy atom. The van der Waals surface area contributed by atoms with E-state index >= 15 is 0 Å². The van der Waals surface area contributed by atoms with Gasteiger partial charge in [0.05, 0.1) is 24.8 Å². The number of aliphatic hydroxyl groups excluding tert-OH is 3. The molecule has 2 aliphatic heterocycles. The molecule has 10 N–H and O–H groups in total. The van der Waals surface area contributed by atoms with Gasteiger partial charge in [-0.1, -0.05) is 6.92 Å². The van der Waals surface area contributed by atoms with E-state index in [2.05, 4.69) is 15.3 Å². The van der Waals surface area contributed by atoms with E-state index in [0.29, 0.717) is 23.0 Å². The van der Waals surface area contributed by atoms with Crippen LogP contribution in [0.2, 0.25) is 0 Å². The molecule has 6 rings (SSSR count). The van der Waals surface area contributed by atoms with Crippen molar-refractivity contribution in [2.24, 2.45) is 10.7 Å². The van der Waals surface area contributed by atoms with Crippen molar-refractivity contribution >= 4 is 41.4 Å². The van der Waals surface area contributed by atoms with Crippen LogP contribution < -0.4 is 26.3 Å². The summed E-state index contributed by atoms with van der Waals surface area (Å²) in [5.41, 5.74) is 9.62. The third-order valence-electron chi connectivity index (χ3n) is 11.1. The van der Waals surface area contributed by atoms with E-state index in [1.54, 1.807) is 6.92 Å². The second-order valence-electron chi connectivity index (χ2n) is 14.5. The van der Waals surface area contributed by atoms with Crippen LogP contribution in [0.25, 0.3) is 0 Å². The fraction of sp³-hybridized carbons (Fsp3) is 0.390. The normalized spacial score (nSPS) is 23.1. The number of carbonyl (C=O) groups excluding carboxylic acids is 5. The maximum Gasteiger partial charge on any atom is 0.253 e. The number of methoxy groups -OCH3 is 1. The minimum Gasteiger partial charge on any atom is -0.507 e. The Labute approximate surface area is 343 Å². The summed E-state index contributed by atoms with van der Waals surface area (Å²) >= 11 is 0. The van der Waals surface area contributed by atoms with Gasteiger partial charge in [-0.3, -0.25) is 29.1 Å². The highest BCUT2D eigenvalue weighted by Crippen LogP contribution is 2.46. The van der Waals surface area contributed by atoms with Gasteiger partial charge in [0.1, 0.15) is 53.3 Å². The molecule has 318 valence electrons. The van der Waals surface area contributed by atoms with Gasteiger partial charge in [0.15, 0.2) is 11.7 Å². The van der Waals surface area contributed by atoms with Crippen molar-refractivity contribution in [1.82, 2.24) is 15.2 Å². The molecule has 2 aromatic carbocycles. The molecule has 1 aromatic heterocycles. The third-order valence-corrected chi connectivity index (χ3v) is 11.1. The summed E-state index contributed by atoms with van der Waals surface area (Å²) in [7, 11) is 2.76. The molecule has 0 bridgehead atoms. The Hall–Kier alpha value is -6.25. The van der Waals surface area contributed by atoms with Crippen molar-refractivity contribution in [3.05, 3.63) is 87.1 Å². The molecule has 3 aliphatic rings. The summed E-state index contributed by atoms with van der Waals surface area (Å²) in [6.45, 7) is 0.358. The number of nitrogen functional groups attached to an aromatic ring is 1. The minimum absolute atomic E-state index is 0.0181. The first kappa shape index (κ1) is 43.3. The molecule has 60 heavy (non-hydrogen) atoms. The molecule has 1 saturated heterocycles. The van der Waals surface area contributed by atoms with Crippen LogP contribution in [0.4, 0.5) is 5.82 Å². The zero-order chi connectivity index (χ0) is 43.6. The standard InChI is InChI=1S/C41H46N6O13/c1-4-22-25(58-3)14-26(33-31(22)34(52)23-12-20(6-5-11-48)24(16-46-40(43)44-2)35(53)32(23)36(33)54)59-39-37(55)38(56)41(57,27(18-49)60-39)15-21(19-9-10-45-28(42)13-19)17-47-29(50)7-8-30(47)51/h7-14,21,27,37-39,49,53,55-57H,4-6,15-18H2,1-3H3,(H2,42,45)(H3,43,44,46). The Kier molecular flexibility index (Phi) is 12.7. The van der Waals surface area contributed by atoms with Gasteiger partial charge < -0.3 is 61.3 Å². The molecular formula is C41H46N6O13. The Morgan fingerprint density at radius 3 is 2.42 bits per heavy atom. The number of aryl methyl sites for hydroxylation is 1. The zero-order valence-electron chi connectivity index (χ0n) is 33.0. The van der Waals surface area contributed by atoms with Crippen molar-refractivity contribution in [3.8, 4) is 17.2 Å². The number of pyridine rings is 1. The van der Waals surface area contributed by atoms with Crippen molar-refractivity contribution < 1.29 is 63.7 Å². The molecule has 3 heterocycles. The lowest BCUT2D eigenvalue weighted by Crippen LogP contribution is -2.68. The van der Waals surface area contributed by atoms with E-state index in [1.165, 1.54) is 44.6 Å². The largest absolute Gasteiger partial charge is 0.507 e. The minimum atomic E-state index is -2.46. The predicted molar refractivity (Wildman–Crippen MR) is 211 cm³/mol. The first-order valence-corrected chi connectivity index (χ1v) is 19.0. The molecule has 2 amide bonds. The molecule has 1 fully saturated rings. The molecule has 6 unspecified atom stereocenters. The number of fused-ring (bicyclic) bond motifs is 2. The van der Waals surface area contributed by atoms with Gasteiger partial charge in [0, 0.05) is 79.1 Å². The first-order chi connectivity index (χ1) is 28.6. The van der Waals surface area contributed by atoms with Gasteiger partial charge in [-0.25, -0.2) is 4.98 Å². The molecule has 19 heteroatoms. The molecule has 0 radical (unpaired) electrons. The number of imide groups is 1. The van der Waals surface area contributed by atoms with E-state index in [4.69, 9.17) is 25.7 Å². The van der Waals surface area contributed by atoms with Crippen LogP contribution in [0.5, 0.6) is 17.2 Å². The number of nitrogens with one attached hydrogen (secondary N) is 1. The maximum absolute atomic E-state index is 14.7. The van der Waals surface area contributed by atoms with Gasteiger partial charge in [0.25, 0.3) is 11.8 Å². The molecule has 0 spiro atoms. The highest BCUT2D eigenvalue weighted by molar-refractivity contribution is 6.31. The molecule has 0 saturated carbocycles.